The lowest BCUT2D eigenvalue weighted by molar-refractivity contribution is -0.122. The fourth-order valence-corrected chi connectivity index (χ4v) is 3.03. The molecule has 1 aliphatic rings. The third kappa shape index (κ3) is 2.71. The first-order chi connectivity index (χ1) is 10.6. The lowest BCUT2D eigenvalue weighted by Gasteiger charge is -2.20. The average Bonchev–Trinajstić information content (AvgIpc) is 3.12. The molecular weight excluding hydrogens is 300 g/mol. The predicted molar refractivity (Wildman–Crippen MR) is 84.9 cm³/mol. The summed E-state index contributed by atoms with van der Waals surface area (Å²) in [5.41, 5.74) is 4.64. The molecule has 22 heavy (non-hydrogen) atoms. The molecule has 1 aromatic carbocycles. The quantitative estimate of drug-likeness (QED) is 0.941. The van der Waals surface area contributed by atoms with Gasteiger partial charge in [0.2, 0.25) is 16.9 Å². The summed E-state index contributed by atoms with van der Waals surface area (Å²) in [6.45, 7) is 4.40. The number of hydrogen-bond donors (Lipinski definition) is 1. The SMILES string of the molecule is Cc1cccc(N2C[C@H](C(=O)Nc3nncs3)CC2=O)c1C. The number of aryl methyl sites for hydroxylation is 1. The van der Waals surface area contributed by atoms with Gasteiger partial charge in [-0.15, -0.1) is 10.2 Å². The van der Waals surface area contributed by atoms with Crippen LogP contribution in [0.1, 0.15) is 17.5 Å². The Balaban J connectivity index is 1.75. The summed E-state index contributed by atoms with van der Waals surface area (Å²) in [5.74, 6) is -0.569. The topological polar surface area (TPSA) is 75.2 Å². The van der Waals surface area contributed by atoms with E-state index in [4.69, 9.17) is 0 Å². The molecule has 6 nitrogen and oxygen atoms in total. The van der Waals surface area contributed by atoms with Gasteiger partial charge >= 0.3 is 0 Å². The van der Waals surface area contributed by atoms with Crippen LogP contribution < -0.4 is 10.2 Å². The minimum Gasteiger partial charge on any atom is -0.311 e. The molecule has 1 aromatic heterocycles. The van der Waals surface area contributed by atoms with Crippen molar-refractivity contribution >= 4 is 34.0 Å². The number of anilines is 2. The Labute approximate surface area is 132 Å². The standard InChI is InChI=1S/C15H16N4O2S/c1-9-4-3-5-12(10(9)2)19-7-11(6-13(19)20)14(21)17-15-18-16-8-22-15/h3-5,8,11H,6-7H2,1-2H3,(H,17,18,21)/t11-/m1/s1. The molecule has 0 saturated carbocycles. The van der Waals surface area contributed by atoms with E-state index in [1.807, 2.05) is 32.0 Å². The van der Waals surface area contributed by atoms with Crippen molar-refractivity contribution in [2.24, 2.45) is 5.92 Å². The van der Waals surface area contributed by atoms with Gasteiger partial charge in [-0.05, 0) is 31.0 Å². The second kappa shape index (κ2) is 5.84. The summed E-state index contributed by atoms with van der Waals surface area (Å²) < 4.78 is 0. The molecule has 1 atom stereocenters. The van der Waals surface area contributed by atoms with Crippen LogP contribution in [-0.2, 0) is 9.59 Å². The van der Waals surface area contributed by atoms with Crippen LogP contribution in [0.3, 0.4) is 0 Å². The lowest BCUT2D eigenvalue weighted by Crippen LogP contribution is -2.28. The van der Waals surface area contributed by atoms with E-state index in [2.05, 4.69) is 15.5 Å². The van der Waals surface area contributed by atoms with Gasteiger partial charge in [0.15, 0.2) is 0 Å². The molecule has 0 aliphatic carbocycles. The van der Waals surface area contributed by atoms with E-state index in [1.165, 1.54) is 11.3 Å². The molecule has 114 valence electrons. The molecule has 2 aromatic rings. The van der Waals surface area contributed by atoms with Crippen molar-refractivity contribution in [3.63, 3.8) is 0 Å². The van der Waals surface area contributed by atoms with Crippen molar-refractivity contribution in [3.05, 3.63) is 34.8 Å². The minimum absolute atomic E-state index is 0.0221. The molecule has 1 N–H and O–H groups in total. The maximum atomic E-state index is 12.3. The van der Waals surface area contributed by atoms with Gasteiger partial charge in [0, 0.05) is 18.7 Å². The number of nitrogens with one attached hydrogen (secondary N) is 1. The van der Waals surface area contributed by atoms with Crippen molar-refractivity contribution in [2.75, 3.05) is 16.8 Å². The van der Waals surface area contributed by atoms with Crippen molar-refractivity contribution in [1.82, 2.24) is 10.2 Å². The molecule has 2 amide bonds. The Bertz CT molecular complexity index is 714. The number of carbonyl (C=O) groups excluding carboxylic acids is 2. The number of amides is 2. The largest absolute Gasteiger partial charge is 0.311 e. The first-order valence-electron chi connectivity index (χ1n) is 7.00. The van der Waals surface area contributed by atoms with Crippen molar-refractivity contribution in [1.29, 1.82) is 0 Å². The lowest BCUT2D eigenvalue weighted by atomic mass is 10.1. The van der Waals surface area contributed by atoms with E-state index >= 15 is 0 Å². The third-order valence-electron chi connectivity index (χ3n) is 3.95. The smallest absolute Gasteiger partial charge is 0.231 e. The number of rotatable bonds is 3. The van der Waals surface area contributed by atoms with Gasteiger partial charge in [0.25, 0.3) is 0 Å². The van der Waals surface area contributed by atoms with Gasteiger partial charge in [0.1, 0.15) is 5.51 Å². The number of aromatic nitrogens is 2. The molecule has 3 rings (SSSR count). The minimum atomic E-state index is -0.365. The number of hydrogen-bond acceptors (Lipinski definition) is 5. The molecule has 1 fully saturated rings. The Morgan fingerprint density at radius 3 is 2.95 bits per heavy atom. The van der Waals surface area contributed by atoms with Gasteiger partial charge in [-0.2, -0.15) is 0 Å². The average molecular weight is 316 g/mol. The summed E-state index contributed by atoms with van der Waals surface area (Å²) in [6, 6.07) is 5.86. The summed E-state index contributed by atoms with van der Waals surface area (Å²) >= 11 is 1.26. The molecular formula is C15H16N4O2S. The Morgan fingerprint density at radius 2 is 2.23 bits per heavy atom. The first kappa shape index (κ1) is 14.6. The molecule has 1 aliphatic heterocycles. The second-order valence-corrected chi connectivity index (χ2v) is 6.19. The van der Waals surface area contributed by atoms with Crippen LogP contribution >= 0.6 is 11.3 Å². The molecule has 0 unspecified atom stereocenters. The van der Waals surface area contributed by atoms with E-state index in [1.54, 1.807) is 10.4 Å². The second-order valence-electron chi connectivity index (χ2n) is 5.36. The van der Waals surface area contributed by atoms with E-state index in [0.717, 1.165) is 16.8 Å². The highest BCUT2D eigenvalue weighted by atomic mass is 32.1. The summed E-state index contributed by atoms with van der Waals surface area (Å²) in [4.78, 5) is 26.2. The monoisotopic (exact) mass is 316 g/mol. The van der Waals surface area contributed by atoms with Gasteiger partial charge in [-0.1, -0.05) is 23.5 Å². The maximum absolute atomic E-state index is 12.3. The van der Waals surface area contributed by atoms with Crippen LogP contribution in [0.15, 0.2) is 23.7 Å². The fraction of sp³-hybridized carbons (Fsp3) is 0.333. The Hall–Kier alpha value is -2.28. The number of nitrogens with zero attached hydrogens (tertiary/aromatic N) is 3. The normalized spacial score (nSPS) is 17.8. The van der Waals surface area contributed by atoms with Crippen LogP contribution in [0.25, 0.3) is 0 Å². The Morgan fingerprint density at radius 1 is 1.41 bits per heavy atom. The zero-order valence-corrected chi connectivity index (χ0v) is 13.2. The highest BCUT2D eigenvalue weighted by Gasteiger charge is 2.36. The molecule has 2 heterocycles. The molecule has 0 radical (unpaired) electrons. The molecule has 0 bridgehead atoms. The molecule has 0 spiro atoms. The fourth-order valence-electron chi connectivity index (χ4n) is 2.58. The van der Waals surface area contributed by atoms with Gasteiger partial charge in [-0.3, -0.25) is 9.59 Å². The third-order valence-corrected chi connectivity index (χ3v) is 4.56. The molecule has 7 heteroatoms. The molecule has 1 saturated heterocycles. The van der Waals surface area contributed by atoms with Crippen LogP contribution in [0.2, 0.25) is 0 Å². The highest BCUT2D eigenvalue weighted by Crippen LogP contribution is 2.29. The number of benzene rings is 1. The van der Waals surface area contributed by atoms with Crippen LogP contribution in [0.4, 0.5) is 10.8 Å². The van der Waals surface area contributed by atoms with Gasteiger partial charge in [-0.25, -0.2) is 0 Å². The zero-order valence-electron chi connectivity index (χ0n) is 12.4. The summed E-state index contributed by atoms with van der Waals surface area (Å²) in [6.07, 6.45) is 0.220. The van der Waals surface area contributed by atoms with Gasteiger partial charge in [0.05, 0.1) is 5.92 Å². The Kier molecular flexibility index (Phi) is 3.89. The number of carbonyl (C=O) groups is 2. The van der Waals surface area contributed by atoms with E-state index < -0.39 is 0 Å². The van der Waals surface area contributed by atoms with E-state index in [9.17, 15) is 9.59 Å². The summed E-state index contributed by atoms with van der Waals surface area (Å²) in [7, 11) is 0. The first-order valence-corrected chi connectivity index (χ1v) is 7.88. The summed E-state index contributed by atoms with van der Waals surface area (Å²) in [5, 5.41) is 10.6. The van der Waals surface area contributed by atoms with Crippen molar-refractivity contribution < 1.29 is 9.59 Å². The maximum Gasteiger partial charge on any atom is 0.231 e. The van der Waals surface area contributed by atoms with Crippen LogP contribution in [0.5, 0.6) is 0 Å². The van der Waals surface area contributed by atoms with Crippen LogP contribution in [0, 0.1) is 19.8 Å². The zero-order chi connectivity index (χ0) is 15.7. The van der Waals surface area contributed by atoms with Crippen LogP contribution in [-0.4, -0.2) is 28.6 Å². The predicted octanol–water partition coefficient (Wildman–Crippen LogP) is 2.15. The van der Waals surface area contributed by atoms with Crippen molar-refractivity contribution in [2.45, 2.75) is 20.3 Å². The van der Waals surface area contributed by atoms with Crippen molar-refractivity contribution in [3.8, 4) is 0 Å². The van der Waals surface area contributed by atoms with E-state index in [-0.39, 0.29) is 24.2 Å². The van der Waals surface area contributed by atoms with Gasteiger partial charge < -0.3 is 10.2 Å². The van der Waals surface area contributed by atoms with E-state index in [0.29, 0.717) is 11.7 Å². The highest BCUT2D eigenvalue weighted by molar-refractivity contribution is 7.13.